The highest BCUT2D eigenvalue weighted by Gasteiger charge is 2.23. The molecule has 2 aromatic rings. The molecule has 1 aliphatic carbocycles. The lowest BCUT2D eigenvalue weighted by atomic mass is 9.97. The molecule has 4 nitrogen and oxygen atoms in total. The number of rotatable bonds is 3. The summed E-state index contributed by atoms with van der Waals surface area (Å²) in [6.45, 7) is 0. The fourth-order valence-electron chi connectivity index (χ4n) is 2.18. The van der Waals surface area contributed by atoms with Crippen molar-refractivity contribution in [2.75, 3.05) is 0 Å². The lowest BCUT2D eigenvalue weighted by Gasteiger charge is -2.21. The second kappa shape index (κ2) is 6.42. The Morgan fingerprint density at radius 3 is 2.73 bits per heavy atom. The predicted octanol–water partition coefficient (Wildman–Crippen LogP) is 4.01. The van der Waals surface area contributed by atoms with Crippen LogP contribution in [0.25, 0.3) is 0 Å². The molecule has 1 aromatic carbocycles. The summed E-state index contributed by atoms with van der Waals surface area (Å²) < 4.78 is 5.94. The largest absolute Gasteiger partial charge is 0.459 e. The third-order valence-electron chi connectivity index (χ3n) is 3.29. The Bertz CT molecular complexity index is 775. The van der Waals surface area contributed by atoms with Gasteiger partial charge in [-0.1, -0.05) is 35.9 Å². The van der Waals surface area contributed by atoms with Crippen molar-refractivity contribution in [2.24, 2.45) is 0 Å². The first-order valence-corrected chi connectivity index (χ1v) is 7.17. The molecule has 108 valence electrons. The van der Waals surface area contributed by atoms with Crippen molar-refractivity contribution in [3.8, 4) is 11.8 Å². The van der Waals surface area contributed by atoms with E-state index in [0.29, 0.717) is 22.2 Å². The molecule has 1 aromatic heterocycles. The summed E-state index contributed by atoms with van der Waals surface area (Å²) in [5.74, 6) is 1.88. The molecule has 0 bridgehead atoms. The van der Waals surface area contributed by atoms with Gasteiger partial charge in [0.1, 0.15) is 23.4 Å². The first-order valence-electron chi connectivity index (χ1n) is 6.79. The van der Waals surface area contributed by atoms with E-state index in [0.717, 1.165) is 12.2 Å². The van der Waals surface area contributed by atoms with Crippen molar-refractivity contribution in [1.29, 1.82) is 5.26 Å². The number of hydrogen-bond donors (Lipinski definition) is 0. The number of ether oxygens (including phenoxy) is 1. The van der Waals surface area contributed by atoms with Crippen LogP contribution < -0.4 is 4.74 Å². The van der Waals surface area contributed by atoms with Crippen molar-refractivity contribution < 1.29 is 4.74 Å². The predicted molar refractivity (Wildman–Crippen MR) is 83.4 cm³/mol. The van der Waals surface area contributed by atoms with Crippen LogP contribution in [-0.2, 0) is 0 Å². The van der Waals surface area contributed by atoms with Gasteiger partial charge < -0.3 is 4.74 Å². The van der Waals surface area contributed by atoms with Crippen molar-refractivity contribution in [3.05, 3.63) is 77.1 Å². The van der Waals surface area contributed by atoms with E-state index in [-0.39, 0.29) is 5.92 Å². The van der Waals surface area contributed by atoms with Crippen molar-refractivity contribution in [1.82, 2.24) is 9.97 Å². The molecular formula is C17H12ClN3O. The Morgan fingerprint density at radius 2 is 2.00 bits per heavy atom. The molecule has 0 saturated heterocycles. The summed E-state index contributed by atoms with van der Waals surface area (Å²) in [5.41, 5.74) is 0.438. The molecule has 0 radical (unpaired) electrons. The quantitative estimate of drug-likeness (QED) is 0.859. The second-order valence-corrected chi connectivity index (χ2v) is 5.17. The molecule has 1 atom stereocenters. The van der Waals surface area contributed by atoms with Crippen molar-refractivity contribution in [3.63, 3.8) is 0 Å². The maximum absolute atomic E-state index is 8.82. The molecule has 5 heteroatoms. The van der Waals surface area contributed by atoms with E-state index in [1.165, 1.54) is 12.4 Å². The fraction of sp³-hybridized carbons (Fsp3) is 0.118. The van der Waals surface area contributed by atoms with Gasteiger partial charge in [-0.3, -0.25) is 0 Å². The van der Waals surface area contributed by atoms with E-state index >= 15 is 0 Å². The second-order valence-electron chi connectivity index (χ2n) is 4.76. The van der Waals surface area contributed by atoms with E-state index in [9.17, 15) is 0 Å². The number of hydrogen-bond acceptors (Lipinski definition) is 4. The third-order valence-corrected chi connectivity index (χ3v) is 3.60. The standard InChI is InChI=1S/C17H12ClN3O/c18-14-6-2-4-8-16(14)22-15-7-3-1-5-13(15)17-20-10-12(9-19)11-21-17/h1-4,6-8,10-11,13H,5H2. The number of halogens is 1. The van der Waals surface area contributed by atoms with Gasteiger partial charge in [-0.2, -0.15) is 5.26 Å². The van der Waals surface area contributed by atoms with Crippen LogP contribution in [0.2, 0.25) is 5.02 Å². The lowest BCUT2D eigenvalue weighted by Crippen LogP contribution is -2.13. The summed E-state index contributed by atoms with van der Waals surface area (Å²) in [6, 6.07) is 9.33. The number of allylic oxidation sites excluding steroid dienone is 4. The Kier molecular flexibility index (Phi) is 4.17. The summed E-state index contributed by atoms with van der Waals surface area (Å²) in [6.07, 6.45) is 9.64. The van der Waals surface area contributed by atoms with Crippen LogP contribution in [0.1, 0.15) is 23.7 Å². The van der Waals surface area contributed by atoms with Gasteiger partial charge in [-0.15, -0.1) is 0 Å². The van der Waals surface area contributed by atoms with Crippen LogP contribution in [0.4, 0.5) is 0 Å². The molecule has 1 heterocycles. The monoisotopic (exact) mass is 309 g/mol. The number of benzene rings is 1. The molecule has 0 fully saturated rings. The summed E-state index contributed by atoms with van der Waals surface area (Å²) >= 11 is 6.14. The Morgan fingerprint density at radius 1 is 1.23 bits per heavy atom. The molecule has 22 heavy (non-hydrogen) atoms. The smallest absolute Gasteiger partial charge is 0.145 e. The Balaban J connectivity index is 1.88. The van der Waals surface area contributed by atoms with Gasteiger partial charge in [-0.05, 0) is 24.6 Å². The maximum atomic E-state index is 8.82. The van der Waals surface area contributed by atoms with Crippen molar-refractivity contribution >= 4 is 11.6 Å². The highest BCUT2D eigenvalue weighted by Crippen LogP contribution is 2.33. The number of nitriles is 1. The van der Waals surface area contributed by atoms with Crippen molar-refractivity contribution in [2.45, 2.75) is 12.3 Å². The fourth-order valence-corrected chi connectivity index (χ4v) is 2.35. The summed E-state index contributed by atoms with van der Waals surface area (Å²) in [5, 5.41) is 9.38. The van der Waals surface area contributed by atoms with E-state index in [4.69, 9.17) is 21.6 Å². The maximum Gasteiger partial charge on any atom is 0.145 e. The Labute approximate surface area is 133 Å². The number of aromatic nitrogens is 2. The minimum absolute atomic E-state index is 0.0889. The highest BCUT2D eigenvalue weighted by atomic mass is 35.5. The average molecular weight is 310 g/mol. The minimum Gasteiger partial charge on any atom is -0.459 e. The zero-order chi connectivity index (χ0) is 15.4. The average Bonchev–Trinajstić information content (AvgIpc) is 2.58. The topological polar surface area (TPSA) is 58.8 Å². The molecule has 3 rings (SSSR count). The number of para-hydroxylation sites is 1. The molecule has 0 amide bonds. The minimum atomic E-state index is -0.0889. The van der Waals surface area contributed by atoms with E-state index in [1.807, 2.05) is 42.5 Å². The van der Waals surface area contributed by atoms with Gasteiger partial charge in [0.15, 0.2) is 0 Å². The van der Waals surface area contributed by atoms with E-state index in [2.05, 4.69) is 9.97 Å². The first kappa shape index (κ1) is 14.3. The van der Waals surface area contributed by atoms with E-state index in [1.54, 1.807) is 6.07 Å². The third kappa shape index (κ3) is 3.00. The van der Waals surface area contributed by atoms with Crippen LogP contribution in [0.5, 0.6) is 5.75 Å². The highest BCUT2D eigenvalue weighted by molar-refractivity contribution is 6.32. The van der Waals surface area contributed by atoms with Crippen LogP contribution in [-0.4, -0.2) is 9.97 Å². The molecule has 1 unspecified atom stereocenters. The SMILES string of the molecule is N#Cc1cnc(C2CC=CC=C2Oc2ccccc2Cl)nc1. The van der Waals surface area contributed by atoms with Gasteiger partial charge in [0.05, 0.1) is 16.5 Å². The van der Waals surface area contributed by atoms with Crippen LogP contribution in [0.3, 0.4) is 0 Å². The number of nitrogens with zero attached hydrogens (tertiary/aromatic N) is 3. The van der Waals surface area contributed by atoms with Crippen LogP contribution >= 0.6 is 11.6 Å². The molecular weight excluding hydrogens is 298 g/mol. The molecule has 0 saturated carbocycles. The summed E-state index contributed by atoms with van der Waals surface area (Å²) in [4.78, 5) is 8.53. The zero-order valence-corrected chi connectivity index (χ0v) is 12.4. The normalized spacial score (nSPS) is 16.7. The van der Waals surface area contributed by atoms with Gasteiger partial charge in [0.2, 0.25) is 0 Å². The molecule has 0 N–H and O–H groups in total. The van der Waals surface area contributed by atoms with Gasteiger partial charge in [0, 0.05) is 12.4 Å². The van der Waals surface area contributed by atoms with Gasteiger partial charge in [-0.25, -0.2) is 9.97 Å². The van der Waals surface area contributed by atoms with Gasteiger partial charge in [0.25, 0.3) is 0 Å². The summed E-state index contributed by atoms with van der Waals surface area (Å²) in [7, 11) is 0. The molecule has 0 aliphatic heterocycles. The van der Waals surface area contributed by atoms with Crippen LogP contribution in [0.15, 0.2) is 60.6 Å². The molecule has 1 aliphatic rings. The zero-order valence-electron chi connectivity index (χ0n) is 11.6. The Hall–Kier alpha value is -2.64. The van der Waals surface area contributed by atoms with Crippen LogP contribution in [0, 0.1) is 11.3 Å². The first-order chi connectivity index (χ1) is 10.8. The lowest BCUT2D eigenvalue weighted by molar-refractivity contribution is 0.376. The van der Waals surface area contributed by atoms with E-state index < -0.39 is 0 Å². The molecule has 0 spiro atoms. The van der Waals surface area contributed by atoms with Gasteiger partial charge >= 0.3 is 0 Å².